The van der Waals surface area contributed by atoms with Crippen molar-refractivity contribution in [2.45, 2.75) is 12.8 Å². The Morgan fingerprint density at radius 3 is 2.82 bits per heavy atom. The van der Waals surface area contributed by atoms with E-state index in [1.807, 2.05) is 0 Å². The highest BCUT2D eigenvalue weighted by molar-refractivity contribution is 5.91. The van der Waals surface area contributed by atoms with Gasteiger partial charge in [0.15, 0.2) is 11.5 Å². The van der Waals surface area contributed by atoms with Crippen molar-refractivity contribution in [3.05, 3.63) is 41.1 Å². The molecule has 1 atom stereocenters. The zero-order valence-electron chi connectivity index (χ0n) is 9.01. The van der Waals surface area contributed by atoms with Crippen molar-refractivity contribution in [2.24, 2.45) is 5.73 Å². The molecular formula is C11H9N3O3. The van der Waals surface area contributed by atoms with Crippen LogP contribution < -0.4 is 5.73 Å². The molecule has 0 saturated carbocycles. The summed E-state index contributed by atoms with van der Waals surface area (Å²) in [6.45, 7) is 1.44. The Hall–Kier alpha value is -2.37. The van der Waals surface area contributed by atoms with Crippen molar-refractivity contribution < 1.29 is 14.0 Å². The number of amides is 1. The molecule has 0 spiro atoms. The number of hydrogen-bond donors (Lipinski definition) is 1. The minimum atomic E-state index is -0.618. The van der Waals surface area contributed by atoms with Crippen molar-refractivity contribution in [2.75, 3.05) is 0 Å². The summed E-state index contributed by atoms with van der Waals surface area (Å²) < 4.78 is 6.55. The van der Waals surface area contributed by atoms with Crippen LogP contribution in [0.3, 0.4) is 0 Å². The molecular weight excluding hydrogens is 222 g/mol. The first-order valence-corrected chi connectivity index (χ1v) is 5.08. The van der Waals surface area contributed by atoms with E-state index in [-0.39, 0.29) is 11.7 Å². The maximum atomic E-state index is 11.1. The van der Waals surface area contributed by atoms with E-state index in [2.05, 4.69) is 5.10 Å². The molecule has 2 aromatic rings. The molecule has 1 unspecified atom stereocenters. The minimum absolute atomic E-state index is 0.0897. The second kappa shape index (κ2) is 3.07. The number of carbonyl (C=O) groups is 2. The van der Waals surface area contributed by atoms with Gasteiger partial charge in [-0.15, -0.1) is 0 Å². The van der Waals surface area contributed by atoms with Crippen LogP contribution in [0, 0.1) is 0 Å². The van der Waals surface area contributed by atoms with Crippen LogP contribution in [0.15, 0.2) is 22.7 Å². The third kappa shape index (κ3) is 1.30. The molecule has 0 aliphatic heterocycles. The van der Waals surface area contributed by atoms with Crippen LogP contribution >= 0.6 is 0 Å². The lowest BCUT2D eigenvalue weighted by Crippen LogP contribution is -2.21. The van der Waals surface area contributed by atoms with Crippen LogP contribution in [0.5, 0.6) is 0 Å². The predicted octanol–water partition coefficient (Wildman–Crippen LogP) is 1.10. The van der Waals surface area contributed by atoms with Crippen LogP contribution in [0.1, 0.15) is 40.4 Å². The molecule has 1 aliphatic rings. The number of carbonyl (C=O) groups excluding carboxylic acids is 2. The molecule has 17 heavy (non-hydrogen) atoms. The van der Waals surface area contributed by atoms with Crippen molar-refractivity contribution in [3.8, 4) is 0 Å². The Morgan fingerprint density at radius 2 is 2.24 bits per heavy atom. The van der Waals surface area contributed by atoms with Gasteiger partial charge in [-0.25, -0.2) is 4.79 Å². The third-order valence-corrected chi connectivity index (χ3v) is 2.80. The number of rotatable bonds is 2. The van der Waals surface area contributed by atoms with Gasteiger partial charge in [-0.1, -0.05) is 0 Å². The van der Waals surface area contributed by atoms with E-state index in [9.17, 15) is 9.59 Å². The fourth-order valence-electron chi connectivity index (χ4n) is 1.96. The molecule has 1 aliphatic carbocycles. The topological polar surface area (TPSA) is 91.1 Å². The molecule has 2 heterocycles. The van der Waals surface area contributed by atoms with Crippen molar-refractivity contribution in [3.63, 3.8) is 0 Å². The van der Waals surface area contributed by atoms with E-state index in [0.29, 0.717) is 11.5 Å². The summed E-state index contributed by atoms with van der Waals surface area (Å²) in [6, 6.07) is 2.73. The summed E-state index contributed by atoms with van der Waals surface area (Å²) in [5.74, 6) is 0.733. The largest absolute Gasteiger partial charge is 0.457 e. The maximum absolute atomic E-state index is 11.1. The first-order valence-electron chi connectivity index (χ1n) is 5.08. The van der Waals surface area contributed by atoms with Gasteiger partial charge < -0.3 is 10.2 Å². The normalized spacial score (nSPS) is 16.6. The average molecular weight is 231 g/mol. The molecule has 3 rings (SSSR count). The number of primary amides is 1. The van der Waals surface area contributed by atoms with Gasteiger partial charge in [0.1, 0.15) is 5.76 Å². The van der Waals surface area contributed by atoms with Gasteiger partial charge >= 0.3 is 6.03 Å². The number of nitrogens with zero attached hydrogens (tertiary/aromatic N) is 2. The lowest BCUT2D eigenvalue weighted by molar-refractivity contribution is 0.0985. The Morgan fingerprint density at radius 1 is 1.47 bits per heavy atom. The lowest BCUT2D eigenvalue weighted by Gasteiger charge is -1.97. The summed E-state index contributed by atoms with van der Waals surface area (Å²) in [5, 5.41) is 3.83. The smallest absolute Gasteiger partial charge is 0.339 e. The van der Waals surface area contributed by atoms with E-state index < -0.39 is 6.03 Å². The molecule has 6 heteroatoms. The van der Waals surface area contributed by atoms with Crippen molar-refractivity contribution >= 4 is 11.8 Å². The Kier molecular flexibility index (Phi) is 1.77. The first-order chi connectivity index (χ1) is 8.09. The maximum Gasteiger partial charge on any atom is 0.339 e. The summed E-state index contributed by atoms with van der Waals surface area (Å²) in [6.07, 6.45) is 1.58. The Bertz CT molecular complexity index is 638. The molecule has 6 nitrogen and oxygen atoms in total. The second-order valence-corrected chi connectivity index (χ2v) is 3.93. The van der Waals surface area contributed by atoms with Gasteiger partial charge in [-0.05, 0) is 12.1 Å². The molecule has 86 valence electrons. The highest BCUT2D eigenvalue weighted by atomic mass is 16.3. The van der Waals surface area contributed by atoms with E-state index >= 15 is 0 Å². The monoisotopic (exact) mass is 231 g/mol. The van der Waals surface area contributed by atoms with Crippen molar-refractivity contribution in [1.82, 2.24) is 9.78 Å². The Labute approximate surface area is 96.0 Å². The van der Waals surface area contributed by atoms with E-state index in [0.717, 1.165) is 15.9 Å². The summed E-state index contributed by atoms with van der Waals surface area (Å²) >= 11 is 0. The average Bonchev–Trinajstić information content (AvgIpc) is 2.72. The number of hydrogen-bond acceptors (Lipinski definition) is 4. The SMILES string of the molecule is CC(=O)c1ccc(C2c3cnn(C(N)=O)c32)o1. The van der Waals surface area contributed by atoms with E-state index in [4.69, 9.17) is 10.2 Å². The molecule has 2 aromatic heterocycles. The summed E-state index contributed by atoms with van der Waals surface area (Å²) in [7, 11) is 0. The Balaban J connectivity index is 1.93. The quantitative estimate of drug-likeness (QED) is 0.668. The molecule has 0 fully saturated rings. The van der Waals surface area contributed by atoms with Crippen molar-refractivity contribution in [1.29, 1.82) is 0 Å². The molecule has 0 aromatic carbocycles. The fourth-order valence-corrected chi connectivity index (χ4v) is 1.96. The predicted molar refractivity (Wildman–Crippen MR) is 56.9 cm³/mol. The summed E-state index contributed by atoms with van der Waals surface area (Å²) in [4.78, 5) is 22.1. The second-order valence-electron chi connectivity index (χ2n) is 3.93. The first kappa shape index (κ1) is 9.83. The summed E-state index contributed by atoms with van der Waals surface area (Å²) in [5.41, 5.74) is 6.81. The molecule has 0 radical (unpaired) electrons. The number of nitrogens with two attached hydrogens (primary N) is 1. The number of Topliss-reactive ketones (excluding diaryl/α,β-unsaturated/α-hetero) is 1. The van der Waals surface area contributed by atoms with Gasteiger partial charge in [0.25, 0.3) is 0 Å². The fraction of sp³-hybridized carbons (Fsp3) is 0.182. The van der Waals surface area contributed by atoms with Gasteiger partial charge in [0, 0.05) is 12.5 Å². The molecule has 0 saturated heterocycles. The highest BCUT2D eigenvalue weighted by Gasteiger charge is 2.43. The number of aromatic nitrogens is 2. The van der Waals surface area contributed by atoms with Gasteiger partial charge in [0.2, 0.25) is 0 Å². The standard InChI is InChI=1S/C11H9N3O3/c1-5(15)7-2-3-8(17-7)9-6-4-13-14(10(6)9)11(12)16/h2-4,9H,1H3,(H2,12,16). The number of ketones is 1. The molecule has 1 amide bonds. The van der Waals surface area contributed by atoms with Crippen LogP contribution in [-0.4, -0.2) is 21.6 Å². The zero-order chi connectivity index (χ0) is 12.2. The van der Waals surface area contributed by atoms with Crippen LogP contribution in [0.4, 0.5) is 4.79 Å². The molecule has 0 bridgehead atoms. The highest BCUT2D eigenvalue weighted by Crippen LogP contribution is 2.48. The van der Waals surface area contributed by atoms with E-state index in [1.54, 1.807) is 18.3 Å². The van der Waals surface area contributed by atoms with E-state index in [1.165, 1.54) is 6.92 Å². The van der Waals surface area contributed by atoms with Gasteiger partial charge in [0.05, 0.1) is 17.8 Å². The number of fused-ring (bicyclic) bond motifs is 1. The van der Waals surface area contributed by atoms with Gasteiger partial charge in [-0.3, -0.25) is 4.79 Å². The van der Waals surface area contributed by atoms with Crippen LogP contribution in [-0.2, 0) is 0 Å². The minimum Gasteiger partial charge on any atom is -0.457 e. The lowest BCUT2D eigenvalue weighted by atomic mass is 10.2. The number of furan rings is 1. The van der Waals surface area contributed by atoms with Crippen LogP contribution in [0.25, 0.3) is 0 Å². The zero-order valence-corrected chi connectivity index (χ0v) is 9.01. The molecule has 2 N–H and O–H groups in total. The third-order valence-electron chi connectivity index (χ3n) is 2.80. The van der Waals surface area contributed by atoms with Crippen LogP contribution in [0.2, 0.25) is 0 Å². The van der Waals surface area contributed by atoms with Gasteiger partial charge in [-0.2, -0.15) is 9.78 Å².